The smallest absolute Gasteiger partial charge is 0.329 e. The third-order valence-electron chi connectivity index (χ3n) is 4.34. The lowest BCUT2D eigenvalue weighted by Gasteiger charge is -2.31. The number of hydrogen-bond donors (Lipinski definition) is 3. The van der Waals surface area contributed by atoms with E-state index in [-0.39, 0.29) is 0 Å². The van der Waals surface area contributed by atoms with E-state index >= 15 is 0 Å². The second kappa shape index (κ2) is 6.83. The van der Waals surface area contributed by atoms with E-state index in [0.717, 1.165) is 11.3 Å². The molecule has 1 atom stereocenters. The summed E-state index contributed by atoms with van der Waals surface area (Å²) in [6.45, 7) is -2.38. The molecule has 0 saturated carbocycles. The van der Waals surface area contributed by atoms with E-state index in [1.165, 1.54) is 16.7 Å². The molecule has 12 heteroatoms. The first-order chi connectivity index (χ1) is 12.6. The topological polar surface area (TPSA) is 108 Å². The van der Waals surface area contributed by atoms with Gasteiger partial charge < -0.3 is 10.6 Å². The van der Waals surface area contributed by atoms with Crippen LogP contribution in [0.2, 0.25) is 0 Å². The lowest BCUT2D eigenvalue weighted by Crippen LogP contribution is -2.49. The molecule has 27 heavy (non-hydrogen) atoms. The summed E-state index contributed by atoms with van der Waals surface area (Å²) in [5.41, 5.74) is -0.535. The molecule has 8 nitrogen and oxygen atoms in total. The number of carbonyl (C=O) groups is 4. The van der Waals surface area contributed by atoms with Crippen molar-refractivity contribution in [2.24, 2.45) is 0 Å². The van der Waals surface area contributed by atoms with Crippen molar-refractivity contribution in [3.8, 4) is 0 Å². The highest BCUT2D eigenvalue weighted by molar-refractivity contribution is 7.10. The predicted octanol–water partition coefficient (Wildman–Crippen LogP) is 1.22. The Morgan fingerprint density at radius 3 is 2.78 bits per heavy atom. The first kappa shape index (κ1) is 19.1. The monoisotopic (exact) mass is 404 g/mol. The van der Waals surface area contributed by atoms with Crippen molar-refractivity contribution >= 4 is 35.2 Å². The van der Waals surface area contributed by atoms with E-state index in [0.29, 0.717) is 23.3 Å². The van der Waals surface area contributed by atoms with Gasteiger partial charge in [-0.1, -0.05) is 0 Å². The Hall–Kier alpha value is -2.63. The normalized spacial score (nSPS) is 21.8. The molecule has 3 rings (SSSR count). The number of urea groups is 2. The van der Waals surface area contributed by atoms with E-state index in [1.807, 2.05) is 5.38 Å². The fourth-order valence-corrected chi connectivity index (χ4v) is 4.22. The van der Waals surface area contributed by atoms with Crippen molar-refractivity contribution in [1.29, 1.82) is 0 Å². The molecule has 146 valence electrons. The predicted molar refractivity (Wildman–Crippen MR) is 86.8 cm³/mol. The molecule has 1 aromatic heterocycles. The summed E-state index contributed by atoms with van der Waals surface area (Å²) in [5.74, 6) is -1.69. The van der Waals surface area contributed by atoms with Crippen LogP contribution in [0.4, 0.5) is 22.8 Å². The van der Waals surface area contributed by atoms with Gasteiger partial charge in [-0.25, -0.2) is 9.59 Å². The fourth-order valence-electron chi connectivity index (χ4n) is 3.22. The minimum absolute atomic E-state index is 0.380. The van der Waals surface area contributed by atoms with Crippen LogP contribution >= 0.6 is 11.3 Å². The Morgan fingerprint density at radius 1 is 1.33 bits per heavy atom. The summed E-state index contributed by atoms with van der Waals surface area (Å²) in [6.07, 6.45) is -2.78. The van der Waals surface area contributed by atoms with Gasteiger partial charge in [-0.15, -0.1) is 11.3 Å². The fraction of sp³-hybridized carbons (Fsp3) is 0.467. The van der Waals surface area contributed by atoms with E-state index < -0.39 is 48.7 Å². The Balaban J connectivity index is 1.65. The standard InChI is InChI=1S/C15H15F3N4O4S/c16-15(17,18)7-19-12(25)20-10(23)6-22-11(24)14(21-13(22)26)4-1-2-9-8(14)3-5-27-9/h3,5H,1-2,4,6-7H2,(H,21,26)(H2,19,20,23,25)/t14-/m1/s1. The van der Waals surface area contributed by atoms with Crippen LogP contribution in [0.15, 0.2) is 11.4 Å². The molecule has 1 saturated heterocycles. The second-order valence-electron chi connectivity index (χ2n) is 6.18. The zero-order valence-electron chi connectivity index (χ0n) is 13.8. The minimum atomic E-state index is -4.63. The summed E-state index contributed by atoms with van der Waals surface area (Å²) >= 11 is 1.47. The van der Waals surface area contributed by atoms with Gasteiger partial charge in [0.25, 0.3) is 5.91 Å². The maximum absolute atomic E-state index is 12.8. The number of fused-ring (bicyclic) bond motifs is 2. The lowest BCUT2D eigenvalue weighted by molar-refractivity contribution is -0.135. The average Bonchev–Trinajstić information content (AvgIpc) is 3.13. The Bertz CT molecular complexity index is 809. The minimum Gasteiger partial charge on any atom is -0.329 e. The summed E-state index contributed by atoms with van der Waals surface area (Å²) in [6, 6.07) is -0.396. The summed E-state index contributed by atoms with van der Waals surface area (Å²) in [5, 5.41) is 7.58. The third kappa shape index (κ3) is 3.75. The molecule has 1 aliphatic carbocycles. The van der Waals surface area contributed by atoms with E-state index in [9.17, 15) is 32.3 Å². The first-order valence-electron chi connectivity index (χ1n) is 7.98. The van der Waals surface area contributed by atoms with E-state index in [1.54, 1.807) is 11.4 Å². The van der Waals surface area contributed by atoms with Crippen molar-refractivity contribution in [3.63, 3.8) is 0 Å². The van der Waals surface area contributed by atoms with Gasteiger partial charge in [0, 0.05) is 10.4 Å². The van der Waals surface area contributed by atoms with Crippen molar-refractivity contribution in [3.05, 3.63) is 21.9 Å². The molecule has 3 N–H and O–H groups in total. The number of rotatable bonds is 3. The van der Waals surface area contributed by atoms with Crippen molar-refractivity contribution in [1.82, 2.24) is 20.9 Å². The third-order valence-corrected chi connectivity index (χ3v) is 5.32. The number of hydrogen-bond acceptors (Lipinski definition) is 5. The molecule has 1 fully saturated rings. The Labute approximate surface area is 155 Å². The Morgan fingerprint density at radius 2 is 2.07 bits per heavy atom. The molecule has 0 aromatic carbocycles. The van der Waals surface area contributed by atoms with Gasteiger partial charge in [0.15, 0.2) is 0 Å². The molecular weight excluding hydrogens is 389 g/mol. The molecule has 1 aromatic rings. The number of amides is 6. The largest absolute Gasteiger partial charge is 0.405 e. The van der Waals surface area contributed by atoms with Gasteiger partial charge >= 0.3 is 18.2 Å². The molecule has 2 heterocycles. The number of aryl methyl sites for hydroxylation is 1. The molecule has 1 aliphatic heterocycles. The van der Waals surface area contributed by atoms with Crippen LogP contribution in [0.25, 0.3) is 0 Å². The van der Waals surface area contributed by atoms with E-state index in [2.05, 4.69) is 5.32 Å². The van der Waals surface area contributed by atoms with Crippen LogP contribution in [0.5, 0.6) is 0 Å². The maximum Gasteiger partial charge on any atom is 0.405 e. The quantitative estimate of drug-likeness (QED) is 0.659. The van der Waals surface area contributed by atoms with Gasteiger partial charge in [0.2, 0.25) is 5.91 Å². The summed E-state index contributed by atoms with van der Waals surface area (Å²) in [7, 11) is 0. The number of halogens is 3. The van der Waals surface area contributed by atoms with Gasteiger partial charge in [-0.3, -0.25) is 19.8 Å². The van der Waals surface area contributed by atoms with Crippen LogP contribution in [-0.2, 0) is 21.5 Å². The molecule has 6 amide bonds. The molecule has 0 unspecified atom stereocenters. The highest BCUT2D eigenvalue weighted by Gasteiger charge is 2.54. The van der Waals surface area contributed by atoms with Crippen LogP contribution in [0, 0.1) is 0 Å². The molecule has 0 bridgehead atoms. The maximum atomic E-state index is 12.8. The number of nitrogens with one attached hydrogen (secondary N) is 3. The number of alkyl halides is 3. The Kier molecular flexibility index (Phi) is 4.84. The number of nitrogens with zero attached hydrogens (tertiary/aromatic N) is 1. The SMILES string of the molecule is O=C(CN1C(=O)N[C@@]2(CCCc3sccc32)C1=O)NC(=O)NCC(F)(F)F. The number of thiophene rings is 1. The van der Waals surface area contributed by atoms with Gasteiger partial charge in [-0.05, 0) is 30.7 Å². The highest BCUT2D eigenvalue weighted by atomic mass is 32.1. The average molecular weight is 404 g/mol. The highest BCUT2D eigenvalue weighted by Crippen LogP contribution is 2.41. The van der Waals surface area contributed by atoms with Crippen LogP contribution < -0.4 is 16.0 Å². The van der Waals surface area contributed by atoms with Crippen molar-refractivity contribution in [2.75, 3.05) is 13.1 Å². The van der Waals surface area contributed by atoms with Gasteiger partial charge in [0.1, 0.15) is 18.6 Å². The van der Waals surface area contributed by atoms with Crippen molar-refractivity contribution < 1.29 is 32.3 Å². The van der Waals surface area contributed by atoms with E-state index in [4.69, 9.17) is 0 Å². The molecule has 2 aliphatic rings. The molecule has 0 radical (unpaired) electrons. The second-order valence-corrected chi connectivity index (χ2v) is 7.18. The zero-order valence-corrected chi connectivity index (χ0v) is 14.6. The van der Waals surface area contributed by atoms with Gasteiger partial charge in [-0.2, -0.15) is 13.2 Å². The van der Waals surface area contributed by atoms with Crippen LogP contribution in [-0.4, -0.2) is 48.0 Å². The zero-order chi connectivity index (χ0) is 19.8. The number of carbonyl (C=O) groups excluding carboxylic acids is 4. The van der Waals surface area contributed by atoms with Gasteiger partial charge in [0.05, 0.1) is 0 Å². The van der Waals surface area contributed by atoms with Crippen LogP contribution in [0.3, 0.4) is 0 Å². The summed E-state index contributed by atoms with van der Waals surface area (Å²) in [4.78, 5) is 49.9. The molecular formula is C15H15F3N4O4S. The molecule has 1 spiro atoms. The number of imide groups is 2. The summed E-state index contributed by atoms with van der Waals surface area (Å²) < 4.78 is 36.1. The lowest BCUT2D eigenvalue weighted by atomic mass is 9.80. The van der Waals surface area contributed by atoms with Crippen LogP contribution in [0.1, 0.15) is 23.3 Å². The first-order valence-corrected chi connectivity index (χ1v) is 8.86. The van der Waals surface area contributed by atoms with Crippen molar-refractivity contribution in [2.45, 2.75) is 31.0 Å².